The lowest BCUT2D eigenvalue weighted by Gasteiger charge is -2.13. The molecule has 0 saturated carbocycles. The average Bonchev–Trinajstić information content (AvgIpc) is 2.30. The van der Waals surface area contributed by atoms with Gasteiger partial charge in [0.2, 0.25) is 10.0 Å². The zero-order valence-corrected chi connectivity index (χ0v) is 11.9. The molecule has 8 heteroatoms. The highest BCUT2D eigenvalue weighted by molar-refractivity contribution is 7.89. The van der Waals surface area contributed by atoms with Crippen LogP contribution in [0.2, 0.25) is 0 Å². The summed E-state index contributed by atoms with van der Waals surface area (Å²) in [6, 6.07) is 4.71. The summed E-state index contributed by atoms with van der Waals surface area (Å²) in [6.07, 6.45) is 0. The molecule has 0 unspecified atom stereocenters. The van der Waals surface area contributed by atoms with Crippen LogP contribution in [0.25, 0.3) is 0 Å². The second-order valence-corrected chi connectivity index (χ2v) is 6.55. The lowest BCUT2D eigenvalue weighted by molar-refractivity contribution is -0.384. The number of aryl methyl sites for hydroxylation is 1. The fourth-order valence-corrected chi connectivity index (χ4v) is 2.25. The van der Waals surface area contributed by atoms with Gasteiger partial charge in [0.15, 0.2) is 0 Å². The number of sulfonamides is 1. The van der Waals surface area contributed by atoms with Crippen LogP contribution in [-0.4, -0.2) is 44.0 Å². The Morgan fingerprint density at radius 3 is 2.53 bits per heavy atom. The highest BCUT2D eigenvalue weighted by Crippen LogP contribution is 2.27. The first-order valence-electron chi connectivity index (χ1n) is 5.64. The molecule has 0 saturated heterocycles. The quantitative estimate of drug-likeness (QED) is 0.627. The Morgan fingerprint density at radius 1 is 1.37 bits per heavy atom. The Bertz CT molecular complexity index is 569. The fraction of sp³-hybridized carbons (Fsp3) is 0.455. The van der Waals surface area contributed by atoms with Crippen LogP contribution < -0.4 is 5.32 Å². The largest absolute Gasteiger partial charge is 0.378 e. The lowest BCUT2D eigenvalue weighted by atomic mass is 10.1. The maximum absolute atomic E-state index is 11.6. The molecule has 0 spiro atoms. The van der Waals surface area contributed by atoms with Crippen molar-refractivity contribution >= 4 is 21.4 Å². The van der Waals surface area contributed by atoms with Gasteiger partial charge in [-0.3, -0.25) is 10.1 Å². The van der Waals surface area contributed by atoms with Crippen LogP contribution in [-0.2, 0) is 10.0 Å². The molecule has 0 aliphatic rings. The molecule has 1 N–H and O–H groups in total. The van der Waals surface area contributed by atoms with Gasteiger partial charge in [-0.15, -0.1) is 0 Å². The molecule has 0 radical (unpaired) electrons. The second-order valence-electron chi connectivity index (χ2n) is 4.25. The van der Waals surface area contributed by atoms with E-state index in [0.29, 0.717) is 11.3 Å². The average molecular weight is 287 g/mol. The minimum absolute atomic E-state index is 0.0535. The summed E-state index contributed by atoms with van der Waals surface area (Å²) in [6.45, 7) is 1.85. The van der Waals surface area contributed by atoms with E-state index in [1.54, 1.807) is 19.1 Å². The van der Waals surface area contributed by atoms with Crippen LogP contribution in [0, 0.1) is 17.0 Å². The number of rotatable bonds is 6. The van der Waals surface area contributed by atoms with Gasteiger partial charge in [-0.25, -0.2) is 12.7 Å². The van der Waals surface area contributed by atoms with E-state index < -0.39 is 14.9 Å². The zero-order chi connectivity index (χ0) is 14.6. The number of nitro benzene ring substituents is 1. The summed E-state index contributed by atoms with van der Waals surface area (Å²) in [5.74, 6) is -0.120. The van der Waals surface area contributed by atoms with Crippen LogP contribution in [0.3, 0.4) is 0 Å². The Morgan fingerprint density at radius 2 is 2.00 bits per heavy atom. The van der Waals surface area contributed by atoms with E-state index in [1.165, 1.54) is 20.2 Å². The molecule has 0 amide bonds. The molecule has 1 aromatic rings. The van der Waals surface area contributed by atoms with Crippen molar-refractivity contribution in [1.82, 2.24) is 4.31 Å². The molecule has 7 nitrogen and oxygen atoms in total. The molecular formula is C11H17N3O4S. The highest BCUT2D eigenvalue weighted by atomic mass is 32.2. The summed E-state index contributed by atoms with van der Waals surface area (Å²) in [5, 5.41) is 13.7. The molecule has 0 bridgehead atoms. The number of para-hydroxylation sites is 1. The summed E-state index contributed by atoms with van der Waals surface area (Å²) in [4.78, 5) is 10.4. The number of hydrogen-bond donors (Lipinski definition) is 1. The fourth-order valence-electron chi connectivity index (χ4n) is 1.52. The zero-order valence-electron chi connectivity index (χ0n) is 11.1. The summed E-state index contributed by atoms with van der Waals surface area (Å²) < 4.78 is 24.3. The summed E-state index contributed by atoms with van der Waals surface area (Å²) in [7, 11) is -0.413. The Kier molecular flexibility index (Phi) is 4.84. The number of anilines is 1. The molecule has 1 rings (SSSR count). The summed E-state index contributed by atoms with van der Waals surface area (Å²) >= 11 is 0. The van der Waals surface area contributed by atoms with E-state index in [-0.39, 0.29) is 18.0 Å². The Balaban J connectivity index is 2.82. The number of hydrogen-bond acceptors (Lipinski definition) is 5. The van der Waals surface area contributed by atoms with Crippen LogP contribution >= 0.6 is 0 Å². The van der Waals surface area contributed by atoms with Crippen molar-refractivity contribution in [2.24, 2.45) is 0 Å². The van der Waals surface area contributed by atoms with Crippen molar-refractivity contribution in [2.75, 3.05) is 31.7 Å². The van der Waals surface area contributed by atoms with Gasteiger partial charge in [-0.05, 0) is 12.5 Å². The highest BCUT2D eigenvalue weighted by Gasteiger charge is 2.17. The van der Waals surface area contributed by atoms with Crippen LogP contribution in [0.15, 0.2) is 18.2 Å². The predicted molar refractivity (Wildman–Crippen MR) is 73.8 cm³/mol. The molecule has 0 atom stereocenters. The first kappa shape index (κ1) is 15.4. The standard InChI is InChI=1S/C11H17N3O4S/c1-9-5-4-6-10(14(15)16)11(9)12-7-8-19(17,18)13(2)3/h4-6,12H,7-8H2,1-3H3. The smallest absolute Gasteiger partial charge is 0.292 e. The number of benzene rings is 1. The normalized spacial score (nSPS) is 11.6. The van der Waals surface area contributed by atoms with E-state index in [9.17, 15) is 18.5 Å². The van der Waals surface area contributed by atoms with Crippen LogP contribution in [0.5, 0.6) is 0 Å². The Hall–Kier alpha value is -1.67. The molecule has 106 valence electrons. The third kappa shape index (κ3) is 3.90. The number of nitrogens with zero attached hydrogens (tertiary/aromatic N) is 2. The van der Waals surface area contributed by atoms with Gasteiger partial charge < -0.3 is 5.32 Å². The second kappa shape index (κ2) is 5.98. The third-order valence-electron chi connectivity index (χ3n) is 2.67. The minimum atomic E-state index is -3.31. The van der Waals surface area contributed by atoms with Crippen molar-refractivity contribution in [3.8, 4) is 0 Å². The molecule has 0 fully saturated rings. The molecule has 0 aliphatic heterocycles. The van der Waals surface area contributed by atoms with Crippen molar-refractivity contribution in [3.05, 3.63) is 33.9 Å². The molecule has 0 aromatic heterocycles. The molecular weight excluding hydrogens is 270 g/mol. The van der Waals surface area contributed by atoms with Crippen molar-refractivity contribution in [3.63, 3.8) is 0 Å². The monoisotopic (exact) mass is 287 g/mol. The van der Waals surface area contributed by atoms with Crippen molar-refractivity contribution < 1.29 is 13.3 Å². The third-order valence-corrected chi connectivity index (χ3v) is 4.50. The number of nitro groups is 1. The van der Waals surface area contributed by atoms with Gasteiger partial charge in [-0.2, -0.15) is 0 Å². The van der Waals surface area contributed by atoms with Gasteiger partial charge in [0, 0.05) is 26.7 Å². The first-order chi connectivity index (χ1) is 8.75. The van der Waals surface area contributed by atoms with Gasteiger partial charge in [0.25, 0.3) is 5.69 Å². The molecule has 1 aromatic carbocycles. The summed E-state index contributed by atoms with van der Waals surface area (Å²) in [5.41, 5.74) is 1.01. The Labute approximate surface area is 112 Å². The molecule has 0 aliphatic carbocycles. The number of nitrogens with one attached hydrogen (secondary N) is 1. The predicted octanol–water partition coefficient (Wildman–Crippen LogP) is 1.21. The SMILES string of the molecule is Cc1cccc([N+](=O)[O-])c1NCCS(=O)(=O)N(C)C. The van der Waals surface area contributed by atoms with Crippen molar-refractivity contribution in [1.29, 1.82) is 0 Å². The van der Waals surface area contributed by atoms with Crippen LogP contribution in [0.1, 0.15) is 5.56 Å². The van der Waals surface area contributed by atoms with Gasteiger partial charge in [0.1, 0.15) is 5.69 Å². The van der Waals surface area contributed by atoms with Gasteiger partial charge in [0.05, 0.1) is 10.7 Å². The van der Waals surface area contributed by atoms with E-state index in [1.807, 2.05) is 0 Å². The van der Waals surface area contributed by atoms with E-state index in [0.717, 1.165) is 4.31 Å². The maximum atomic E-state index is 11.6. The first-order valence-corrected chi connectivity index (χ1v) is 7.24. The van der Waals surface area contributed by atoms with Crippen molar-refractivity contribution in [2.45, 2.75) is 6.92 Å². The topological polar surface area (TPSA) is 92.5 Å². The van der Waals surface area contributed by atoms with E-state index >= 15 is 0 Å². The maximum Gasteiger partial charge on any atom is 0.292 e. The van der Waals surface area contributed by atoms with Gasteiger partial charge in [-0.1, -0.05) is 12.1 Å². The van der Waals surface area contributed by atoms with Gasteiger partial charge >= 0.3 is 0 Å². The minimum Gasteiger partial charge on any atom is -0.378 e. The van der Waals surface area contributed by atoms with E-state index in [2.05, 4.69) is 5.32 Å². The van der Waals surface area contributed by atoms with Crippen LogP contribution in [0.4, 0.5) is 11.4 Å². The van der Waals surface area contributed by atoms with E-state index in [4.69, 9.17) is 0 Å². The molecule has 19 heavy (non-hydrogen) atoms. The lowest BCUT2D eigenvalue weighted by Crippen LogP contribution is -2.28. The molecule has 0 heterocycles.